The van der Waals surface area contributed by atoms with Gasteiger partial charge in [0.05, 0.1) is 30.1 Å². The van der Waals surface area contributed by atoms with Crippen LogP contribution in [0, 0.1) is 12.3 Å². The lowest BCUT2D eigenvalue weighted by Crippen LogP contribution is -2.22. The summed E-state index contributed by atoms with van der Waals surface area (Å²) in [6.45, 7) is 10.8. The van der Waals surface area contributed by atoms with Crippen molar-refractivity contribution in [2.24, 2.45) is 10.4 Å². The van der Waals surface area contributed by atoms with E-state index in [1.54, 1.807) is 13.1 Å². The fourth-order valence-electron chi connectivity index (χ4n) is 3.88. The van der Waals surface area contributed by atoms with Crippen LogP contribution < -0.4 is 0 Å². The van der Waals surface area contributed by atoms with Gasteiger partial charge in [-0.05, 0) is 37.3 Å². The molecule has 1 atom stereocenters. The molecule has 1 aliphatic carbocycles. The standard InChI is InChI=1S/C23H28N2O3/c1-6-28-22(27)18-15(3)25-21-14(2)23(4,5)11-9-17(26)20(21)19(18)16-8-7-12-24-13-10-16/h7-8,10,12,14H,6,9,11,13H2,1-5H3. The minimum Gasteiger partial charge on any atom is -0.462 e. The normalized spacial score (nSPS) is 20.8. The molecule has 148 valence electrons. The van der Waals surface area contributed by atoms with E-state index in [1.807, 2.05) is 25.2 Å². The number of Topliss-reactive ketones (excluding diaryl/α,β-unsaturated/α-hetero) is 1. The summed E-state index contributed by atoms with van der Waals surface area (Å²) in [6, 6.07) is 0. The summed E-state index contributed by atoms with van der Waals surface area (Å²) in [5.41, 5.74) is 3.76. The molecule has 0 bridgehead atoms. The fraction of sp³-hybridized carbons (Fsp3) is 0.478. The molecule has 0 saturated heterocycles. The number of carbonyl (C=O) groups excluding carboxylic acids is 2. The minimum atomic E-state index is -0.436. The Labute approximate surface area is 166 Å². The first-order chi connectivity index (χ1) is 13.3. The number of aromatic nitrogens is 1. The lowest BCUT2D eigenvalue weighted by atomic mass is 9.75. The van der Waals surface area contributed by atoms with Crippen LogP contribution in [-0.2, 0) is 4.74 Å². The Kier molecular flexibility index (Phi) is 5.64. The van der Waals surface area contributed by atoms with E-state index in [9.17, 15) is 9.59 Å². The number of aryl methyl sites for hydroxylation is 1. The number of esters is 1. The monoisotopic (exact) mass is 380 g/mol. The zero-order valence-corrected chi connectivity index (χ0v) is 17.3. The molecule has 5 nitrogen and oxygen atoms in total. The summed E-state index contributed by atoms with van der Waals surface area (Å²) in [7, 11) is 0. The SMILES string of the molecule is CCOC(=O)c1c(C)nc2c(c1C1=CCN=CC=C1)C(=O)CCC(C)(C)C2C. The van der Waals surface area contributed by atoms with Crippen molar-refractivity contribution in [1.29, 1.82) is 0 Å². The molecular weight excluding hydrogens is 352 g/mol. The predicted octanol–water partition coefficient (Wildman–Crippen LogP) is 4.70. The van der Waals surface area contributed by atoms with Crippen LogP contribution in [0.4, 0.5) is 0 Å². The second-order valence-corrected chi connectivity index (χ2v) is 8.09. The van der Waals surface area contributed by atoms with E-state index in [1.165, 1.54) is 0 Å². The van der Waals surface area contributed by atoms with Gasteiger partial charge in [0.15, 0.2) is 5.78 Å². The van der Waals surface area contributed by atoms with Gasteiger partial charge in [-0.15, -0.1) is 0 Å². The number of allylic oxidation sites excluding steroid dienone is 3. The highest BCUT2D eigenvalue weighted by Crippen LogP contribution is 2.45. The molecule has 0 saturated carbocycles. The Morgan fingerprint density at radius 2 is 2.07 bits per heavy atom. The summed E-state index contributed by atoms with van der Waals surface area (Å²) in [6.07, 6.45) is 8.65. The molecule has 1 aromatic heterocycles. The van der Waals surface area contributed by atoms with E-state index >= 15 is 0 Å². The van der Waals surface area contributed by atoms with Crippen LogP contribution >= 0.6 is 0 Å². The van der Waals surface area contributed by atoms with Gasteiger partial charge in [-0.2, -0.15) is 0 Å². The Hall–Kier alpha value is -2.56. The number of aliphatic imine (C=N–C) groups is 1. The zero-order chi connectivity index (χ0) is 20.5. The average molecular weight is 380 g/mol. The number of nitrogens with zero attached hydrogens (tertiary/aromatic N) is 2. The van der Waals surface area contributed by atoms with Crippen LogP contribution in [0.1, 0.15) is 84.1 Å². The second kappa shape index (κ2) is 7.82. The van der Waals surface area contributed by atoms with Crippen molar-refractivity contribution in [2.75, 3.05) is 13.2 Å². The van der Waals surface area contributed by atoms with Gasteiger partial charge < -0.3 is 4.74 Å². The van der Waals surface area contributed by atoms with Crippen LogP contribution in [0.25, 0.3) is 5.57 Å². The highest BCUT2D eigenvalue weighted by Gasteiger charge is 2.38. The molecule has 1 unspecified atom stereocenters. The third kappa shape index (κ3) is 3.58. The summed E-state index contributed by atoms with van der Waals surface area (Å²) in [5, 5.41) is 0. The second-order valence-electron chi connectivity index (χ2n) is 8.09. The summed E-state index contributed by atoms with van der Waals surface area (Å²) < 4.78 is 5.32. The van der Waals surface area contributed by atoms with Crippen LogP contribution in [0.3, 0.4) is 0 Å². The van der Waals surface area contributed by atoms with Crippen molar-refractivity contribution < 1.29 is 14.3 Å². The first kappa shape index (κ1) is 20.2. The maximum Gasteiger partial charge on any atom is 0.340 e. The van der Waals surface area contributed by atoms with Crippen LogP contribution in [0.2, 0.25) is 0 Å². The molecule has 1 aromatic rings. The van der Waals surface area contributed by atoms with Crippen molar-refractivity contribution in [2.45, 2.75) is 53.4 Å². The lowest BCUT2D eigenvalue weighted by molar-refractivity contribution is 0.0524. The Bertz CT molecular complexity index is 907. The van der Waals surface area contributed by atoms with Crippen molar-refractivity contribution in [3.63, 3.8) is 0 Å². The number of fused-ring (bicyclic) bond motifs is 1. The van der Waals surface area contributed by atoms with E-state index in [0.717, 1.165) is 17.7 Å². The summed E-state index contributed by atoms with van der Waals surface area (Å²) in [5.74, 6) is -0.303. The molecule has 1 aliphatic heterocycles. The van der Waals surface area contributed by atoms with Crippen LogP contribution in [0.5, 0.6) is 0 Å². The van der Waals surface area contributed by atoms with E-state index in [2.05, 4.69) is 25.8 Å². The Balaban J connectivity index is 2.37. The molecule has 2 aliphatic rings. The van der Waals surface area contributed by atoms with Gasteiger partial charge >= 0.3 is 5.97 Å². The average Bonchev–Trinajstić information content (AvgIpc) is 2.96. The highest BCUT2D eigenvalue weighted by atomic mass is 16.5. The quantitative estimate of drug-likeness (QED) is 0.563. The number of ether oxygens (including phenoxy) is 1. The lowest BCUT2D eigenvalue weighted by Gasteiger charge is -2.30. The van der Waals surface area contributed by atoms with Gasteiger partial charge in [-0.25, -0.2) is 4.79 Å². The van der Waals surface area contributed by atoms with E-state index in [-0.39, 0.29) is 23.7 Å². The van der Waals surface area contributed by atoms with Gasteiger partial charge in [0, 0.05) is 29.7 Å². The molecule has 0 spiro atoms. The fourth-order valence-corrected chi connectivity index (χ4v) is 3.88. The molecule has 0 amide bonds. The molecule has 0 aromatic carbocycles. The van der Waals surface area contributed by atoms with E-state index < -0.39 is 5.97 Å². The molecular formula is C23H28N2O3. The zero-order valence-electron chi connectivity index (χ0n) is 17.3. The summed E-state index contributed by atoms with van der Waals surface area (Å²) in [4.78, 5) is 35.1. The number of hydrogen-bond donors (Lipinski definition) is 0. The molecule has 2 heterocycles. The van der Waals surface area contributed by atoms with Crippen molar-refractivity contribution >= 4 is 23.5 Å². The van der Waals surface area contributed by atoms with Gasteiger partial charge in [0.25, 0.3) is 0 Å². The van der Waals surface area contributed by atoms with Gasteiger partial charge in [-0.1, -0.05) is 32.9 Å². The molecule has 0 N–H and O–H groups in total. The van der Waals surface area contributed by atoms with Gasteiger partial charge in [0.1, 0.15) is 0 Å². The van der Waals surface area contributed by atoms with Crippen molar-refractivity contribution in [3.8, 4) is 0 Å². The van der Waals surface area contributed by atoms with Gasteiger partial charge in [0.2, 0.25) is 0 Å². The van der Waals surface area contributed by atoms with Crippen molar-refractivity contribution in [3.05, 3.63) is 46.3 Å². The maximum atomic E-state index is 13.3. The smallest absolute Gasteiger partial charge is 0.340 e. The van der Waals surface area contributed by atoms with Crippen molar-refractivity contribution in [1.82, 2.24) is 4.98 Å². The molecule has 28 heavy (non-hydrogen) atoms. The minimum absolute atomic E-state index is 0.0416. The largest absolute Gasteiger partial charge is 0.462 e. The third-order valence-corrected chi connectivity index (χ3v) is 5.92. The number of hydrogen-bond acceptors (Lipinski definition) is 5. The Morgan fingerprint density at radius 1 is 1.32 bits per heavy atom. The number of pyridine rings is 1. The Morgan fingerprint density at radius 3 is 2.79 bits per heavy atom. The van der Waals surface area contributed by atoms with Gasteiger partial charge in [-0.3, -0.25) is 14.8 Å². The molecule has 5 heteroatoms. The summed E-state index contributed by atoms with van der Waals surface area (Å²) >= 11 is 0. The highest BCUT2D eigenvalue weighted by molar-refractivity contribution is 6.09. The predicted molar refractivity (Wildman–Crippen MR) is 111 cm³/mol. The molecule has 3 rings (SSSR count). The van der Waals surface area contributed by atoms with Crippen LogP contribution in [-0.4, -0.2) is 36.1 Å². The van der Waals surface area contributed by atoms with E-state index in [4.69, 9.17) is 9.72 Å². The maximum absolute atomic E-state index is 13.3. The third-order valence-electron chi connectivity index (χ3n) is 5.92. The molecule has 0 radical (unpaired) electrons. The molecule has 0 fully saturated rings. The first-order valence-electron chi connectivity index (χ1n) is 9.89. The number of rotatable bonds is 3. The first-order valence-corrected chi connectivity index (χ1v) is 9.89. The topological polar surface area (TPSA) is 68.6 Å². The number of ketones is 1. The number of carbonyl (C=O) groups is 2. The van der Waals surface area contributed by atoms with E-state index in [0.29, 0.717) is 35.3 Å². The van der Waals surface area contributed by atoms with Crippen LogP contribution in [0.15, 0.2) is 23.2 Å².